The second-order valence-corrected chi connectivity index (χ2v) is 9.29. The third-order valence-electron chi connectivity index (χ3n) is 7.16. The summed E-state index contributed by atoms with van der Waals surface area (Å²) in [7, 11) is 0. The van der Waals surface area contributed by atoms with Gasteiger partial charge in [-0.3, -0.25) is 0 Å². The van der Waals surface area contributed by atoms with Crippen molar-refractivity contribution in [3.05, 3.63) is 54.3 Å². The van der Waals surface area contributed by atoms with Gasteiger partial charge >= 0.3 is 5.97 Å². The van der Waals surface area contributed by atoms with Crippen LogP contribution in [0.4, 0.5) is 0 Å². The van der Waals surface area contributed by atoms with E-state index in [4.69, 9.17) is 23.7 Å². The molecule has 3 heterocycles. The third-order valence-corrected chi connectivity index (χ3v) is 7.16. The topological polar surface area (TPSA) is 188 Å². The molecule has 3 fully saturated rings. The van der Waals surface area contributed by atoms with E-state index in [1.165, 1.54) is 12.2 Å². The minimum atomic E-state index is -1.84. The minimum Gasteiger partial charge on any atom is -0.472 e. The van der Waals surface area contributed by atoms with E-state index < -0.39 is 85.5 Å². The number of fused-ring (bicyclic) bond motifs is 3. The Kier molecular flexibility index (Phi) is 6.66. The fraction of sp³-hybridized carbons (Fsp3) is 0.542. The second-order valence-electron chi connectivity index (χ2n) is 9.29. The highest BCUT2D eigenvalue weighted by Gasteiger charge is 2.81. The molecule has 1 aromatic carbocycles. The van der Waals surface area contributed by atoms with Crippen LogP contribution in [0.3, 0.4) is 0 Å². The molecule has 5 rings (SSSR count). The minimum absolute atomic E-state index is 0.466. The predicted molar refractivity (Wildman–Crippen MR) is 117 cm³/mol. The van der Waals surface area contributed by atoms with E-state index in [0.717, 1.165) is 11.8 Å². The van der Waals surface area contributed by atoms with E-state index in [1.807, 2.05) is 6.07 Å². The van der Waals surface area contributed by atoms with Gasteiger partial charge in [-0.1, -0.05) is 30.3 Å². The molecule has 0 spiro atoms. The van der Waals surface area contributed by atoms with Crippen LogP contribution in [0.5, 0.6) is 0 Å². The fourth-order valence-corrected chi connectivity index (χ4v) is 5.13. The summed E-state index contributed by atoms with van der Waals surface area (Å²) in [5, 5.41) is 62.5. The number of hydrogen-bond donors (Lipinski definition) is 6. The lowest BCUT2D eigenvalue weighted by atomic mass is 9.81. The number of epoxide rings is 1. The van der Waals surface area contributed by atoms with Crippen molar-refractivity contribution in [2.75, 3.05) is 13.2 Å². The molecule has 0 unspecified atom stereocenters. The van der Waals surface area contributed by atoms with Crippen molar-refractivity contribution in [2.45, 2.75) is 60.4 Å². The van der Waals surface area contributed by atoms with Gasteiger partial charge in [-0.2, -0.15) is 0 Å². The summed E-state index contributed by atoms with van der Waals surface area (Å²) in [5.74, 6) is -1.82. The maximum Gasteiger partial charge on any atom is 0.330 e. The van der Waals surface area contributed by atoms with E-state index in [0.29, 0.717) is 0 Å². The van der Waals surface area contributed by atoms with E-state index in [1.54, 1.807) is 30.3 Å². The Morgan fingerprint density at radius 1 is 1.06 bits per heavy atom. The number of hydrogen-bond acceptors (Lipinski definition) is 12. The van der Waals surface area contributed by atoms with Crippen LogP contribution in [-0.2, 0) is 28.5 Å². The molecule has 4 aliphatic rings. The first kappa shape index (κ1) is 25.3. The summed E-state index contributed by atoms with van der Waals surface area (Å²) in [6, 6.07) is 9.03. The maximum absolute atomic E-state index is 12.1. The van der Waals surface area contributed by atoms with Crippen molar-refractivity contribution in [1.29, 1.82) is 0 Å². The summed E-state index contributed by atoms with van der Waals surface area (Å²) in [6.07, 6.45) is -6.43. The zero-order valence-electron chi connectivity index (χ0n) is 18.9. The van der Waals surface area contributed by atoms with Crippen LogP contribution in [0.2, 0.25) is 0 Å². The van der Waals surface area contributed by atoms with Crippen LogP contribution in [0.25, 0.3) is 6.08 Å². The number of benzene rings is 1. The Balaban J connectivity index is 1.25. The molecule has 12 nitrogen and oxygen atoms in total. The van der Waals surface area contributed by atoms with Crippen LogP contribution < -0.4 is 0 Å². The predicted octanol–water partition coefficient (Wildman–Crippen LogP) is -2.21. The fourth-order valence-electron chi connectivity index (χ4n) is 5.13. The number of aliphatic hydroxyl groups excluding tert-OH is 5. The SMILES string of the molecule is O=C(/C=C/c1ccccc1)OC[C@H]1O[C@@H](O[C@@H]2OC=C[C@@]3(O)[C@H](O)[C@@H]4O[C@]4(CO)[C@@H]23)[C@H](O)[C@@H](O)[C@@H]1O. The summed E-state index contributed by atoms with van der Waals surface area (Å²) >= 11 is 0. The normalized spacial score (nSPS) is 45.1. The molecule has 196 valence electrons. The Morgan fingerprint density at radius 3 is 2.53 bits per heavy atom. The van der Waals surface area contributed by atoms with Gasteiger partial charge in [0.15, 0.2) is 6.29 Å². The average Bonchev–Trinajstić information content (AvgIpc) is 3.58. The number of carbonyl (C=O) groups is 1. The van der Waals surface area contributed by atoms with Crippen molar-refractivity contribution in [2.24, 2.45) is 5.92 Å². The third kappa shape index (κ3) is 4.14. The van der Waals surface area contributed by atoms with Crippen molar-refractivity contribution in [3.63, 3.8) is 0 Å². The molecule has 36 heavy (non-hydrogen) atoms. The zero-order valence-corrected chi connectivity index (χ0v) is 18.9. The number of esters is 1. The maximum atomic E-state index is 12.1. The highest BCUT2D eigenvalue weighted by molar-refractivity contribution is 5.87. The average molecular weight is 508 g/mol. The Morgan fingerprint density at radius 2 is 1.81 bits per heavy atom. The van der Waals surface area contributed by atoms with Gasteiger partial charge in [-0.05, 0) is 17.7 Å². The molecule has 1 saturated carbocycles. The zero-order chi connectivity index (χ0) is 25.7. The molecular formula is C24H28O12. The van der Waals surface area contributed by atoms with Gasteiger partial charge in [0.1, 0.15) is 54.4 Å². The van der Waals surface area contributed by atoms with Gasteiger partial charge in [-0.25, -0.2) is 4.79 Å². The molecule has 0 bridgehead atoms. The smallest absolute Gasteiger partial charge is 0.330 e. The Hall–Kier alpha value is -2.39. The van der Waals surface area contributed by atoms with Crippen molar-refractivity contribution < 1.29 is 59.1 Å². The van der Waals surface area contributed by atoms with Crippen molar-refractivity contribution in [1.82, 2.24) is 0 Å². The van der Waals surface area contributed by atoms with E-state index in [9.17, 15) is 35.4 Å². The molecule has 11 atom stereocenters. The molecule has 0 radical (unpaired) electrons. The number of carbonyl (C=O) groups excluding carboxylic acids is 1. The molecular weight excluding hydrogens is 480 g/mol. The molecule has 3 aliphatic heterocycles. The van der Waals surface area contributed by atoms with Gasteiger partial charge in [-0.15, -0.1) is 0 Å². The molecule has 0 amide bonds. The summed E-state index contributed by atoms with van der Waals surface area (Å²) < 4.78 is 27.3. The summed E-state index contributed by atoms with van der Waals surface area (Å²) in [5.41, 5.74) is -2.40. The number of aliphatic hydroxyl groups is 6. The lowest BCUT2D eigenvalue weighted by molar-refractivity contribution is -0.350. The van der Waals surface area contributed by atoms with E-state index in [2.05, 4.69) is 0 Å². The molecule has 2 saturated heterocycles. The van der Waals surface area contributed by atoms with Crippen LogP contribution in [0.1, 0.15) is 5.56 Å². The Labute approximate surface area is 205 Å². The molecule has 1 aromatic rings. The Bertz CT molecular complexity index is 1020. The molecule has 6 N–H and O–H groups in total. The van der Waals surface area contributed by atoms with Crippen LogP contribution >= 0.6 is 0 Å². The first-order valence-corrected chi connectivity index (χ1v) is 11.5. The highest BCUT2D eigenvalue weighted by atomic mass is 16.8. The van der Waals surface area contributed by atoms with Gasteiger partial charge in [0.25, 0.3) is 0 Å². The first-order valence-electron chi connectivity index (χ1n) is 11.5. The standard InChI is InChI=1S/C24H28O12/c25-11-24-18-22(32-9-8-23(18,31)19(30)20(24)36-24)35-21-17(29)16(28)15(27)13(34-21)10-33-14(26)7-6-12-4-2-1-3-5-12/h1-9,13,15-22,25,27-31H,10-11H2/b7-6+/t13-,15-,16+,17-,18+,19-,20+,21+,22+,23+,24-/m1/s1. The molecule has 12 heteroatoms. The molecule has 1 aliphatic carbocycles. The van der Waals surface area contributed by atoms with Crippen LogP contribution in [0.15, 0.2) is 48.7 Å². The van der Waals surface area contributed by atoms with Crippen molar-refractivity contribution >= 4 is 12.0 Å². The van der Waals surface area contributed by atoms with Crippen LogP contribution in [0, 0.1) is 5.92 Å². The van der Waals surface area contributed by atoms with Gasteiger partial charge in [0, 0.05) is 6.08 Å². The lowest BCUT2D eigenvalue weighted by Gasteiger charge is -2.45. The summed E-state index contributed by atoms with van der Waals surface area (Å²) in [6.45, 7) is -1.00. The van der Waals surface area contributed by atoms with Gasteiger partial charge in [0.05, 0.1) is 18.8 Å². The highest BCUT2D eigenvalue weighted by Crippen LogP contribution is 2.61. The van der Waals surface area contributed by atoms with E-state index >= 15 is 0 Å². The number of rotatable bonds is 7. The number of ether oxygens (including phenoxy) is 5. The first-order chi connectivity index (χ1) is 17.2. The second kappa shape index (κ2) is 9.49. The monoisotopic (exact) mass is 508 g/mol. The molecule has 0 aromatic heterocycles. The quantitative estimate of drug-likeness (QED) is 0.133. The summed E-state index contributed by atoms with van der Waals surface area (Å²) in [4.78, 5) is 12.1. The lowest BCUT2D eigenvalue weighted by Crippen LogP contribution is -2.62. The van der Waals surface area contributed by atoms with Crippen molar-refractivity contribution in [3.8, 4) is 0 Å². The van der Waals surface area contributed by atoms with E-state index in [-0.39, 0.29) is 0 Å². The largest absolute Gasteiger partial charge is 0.472 e. The van der Waals surface area contributed by atoms with Crippen LogP contribution in [-0.4, -0.2) is 110 Å². The van der Waals surface area contributed by atoms with Gasteiger partial charge < -0.3 is 54.3 Å². The van der Waals surface area contributed by atoms with Gasteiger partial charge in [0.2, 0.25) is 6.29 Å².